The highest BCUT2D eigenvalue weighted by atomic mass is 16.3. The van der Waals surface area contributed by atoms with Crippen molar-refractivity contribution < 1.29 is 13.3 Å². The third-order valence-corrected chi connectivity index (χ3v) is 25.0. The second-order valence-corrected chi connectivity index (χ2v) is 31.0. The van der Waals surface area contributed by atoms with E-state index in [4.69, 9.17) is 13.3 Å². The molecule has 0 N–H and O–H groups in total. The predicted molar refractivity (Wildman–Crippen MR) is 432 cm³/mol. The minimum absolute atomic E-state index is 0.203. The quantitative estimate of drug-likeness (QED) is 0.161. The van der Waals surface area contributed by atoms with E-state index in [-0.39, 0.29) is 5.41 Å². The van der Waals surface area contributed by atoms with Crippen molar-refractivity contribution in [2.75, 3.05) is 0 Å². The van der Waals surface area contributed by atoms with E-state index < -0.39 is 10.8 Å². The summed E-state index contributed by atoms with van der Waals surface area (Å²) in [5.74, 6) is 0. The molecule has 5 aromatic heterocycles. The molecule has 21 aromatic rings. The molecule has 0 radical (unpaired) electrons. The van der Waals surface area contributed by atoms with Crippen molar-refractivity contribution in [2.24, 2.45) is 0 Å². The molecule has 5 nitrogen and oxygen atoms in total. The van der Waals surface area contributed by atoms with Crippen molar-refractivity contribution in [3.05, 3.63) is 324 Å². The monoisotopic (exact) mass is 1330 g/mol. The Hall–Kier alpha value is -12.7. The van der Waals surface area contributed by atoms with Crippen molar-refractivity contribution in [2.45, 2.75) is 57.3 Å². The van der Waals surface area contributed by atoms with Crippen LogP contribution in [0.25, 0.3) is 198 Å². The Morgan fingerprint density at radius 2 is 0.760 bits per heavy atom. The molecule has 0 amide bonds. The highest BCUT2D eigenvalue weighted by molar-refractivity contribution is 6.41. The first-order valence-corrected chi connectivity index (χ1v) is 36.6. The van der Waals surface area contributed by atoms with Crippen LogP contribution in [0.2, 0.25) is 0 Å². The Balaban J connectivity index is 0.761. The third-order valence-electron chi connectivity index (χ3n) is 25.0. The molecular formula is C99H64N2O3. The SMILES string of the molecule is CC1(C)c2ccccc2-c2ccc(-n3c4c5c(c(-c6cccc7oc8cc(CC9(C)c%10ccccc%10-c%10c9c9c(c%11ccc%12oc%13ccccc%13c%12c%11n9-c9ccccc9)c9c%11ccccc%11c%11ccccc%11c%109)ccc8c67)cc4c4ccc6oc7ccccc7c6c43)-c3ccccc3C5(C)C)cc21. The summed E-state index contributed by atoms with van der Waals surface area (Å²) in [6, 6.07) is 107. The number of hydrogen-bond donors (Lipinski definition) is 0. The number of rotatable bonds is 5. The van der Waals surface area contributed by atoms with Gasteiger partial charge in [-0.3, -0.25) is 0 Å². The van der Waals surface area contributed by atoms with Crippen LogP contribution in [0.1, 0.15) is 73.6 Å². The van der Waals surface area contributed by atoms with Gasteiger partial charge in [0, 0.05) is 76.1 Å². The molecule has 1 unspecified atom stereocenters. The Labute approximate surface area is 597 Å². The molecule has 5 heteroatoms. The molecule has 24 rings (SSSR count). The van der Waals surface area contributed by atoms with Crippen LogP contribution in [0.3, 0.4) is 0 Å². The predicted octanol–water partition coefficient (Wildman–Crippen LogP) is 26.8. The van der Waals surface area contributed by atoms with E-state index in [2.05, 4.69) is 329 Å². The fourth-order valence-electron chi connectivity index (χ4n) is 20.8. The number of nitrogens with zero attached hydrogens (tertiary/aromatic N) is 2. The number of fused-ring (bicyclic) bond motifs is 36. The first-order chi connectivity index (χ1) is 51.0. The molecule has 104 heavy (non-hydrogen) atoms. The first-order valence-electron chi connectivity index (χ1n) is 36.6. The molecule has 0 spiro atoms. The largest absolute Gasteiger partial charge is 0.456 e. The highest BCUT2D eigenvalue weighted by Gasteiger charge is 2.46. The Kier molecular flexibility index (Phi) is 10.8. The fraction of sp³-hybridized carbons (Fsp3) is 0.0909. The summed E-state index contributed by atoms with van der Waals surface area (Å²) in [5, 5.41) is 19.1. The molecule has 0 bridgehead atoms. The lowest BCUT2D eigenvalue weighted by Gasteiger charge is -2.30. The van der Waals surface area contributed by atoms with Gasteiger partial charge in [0.15, 0.2) is 0 Å². The molecule has 0 saturated carbocycles. The van der Waals surface area contributed by atoms with Gasteiger partial charge in [-0.05, 0) is 196 Å². The summed E-state index contributed by atoms with van der Waals surface area (Å²) in [6.07, 6.45) is 0.706. The second kappa shape index (κ2) is 19.7. The van der Waals surface area contributed by atoms with Crippen molar-refractivity contribution in [1.29, 1.82) is 0 Å². The first kappa shape index (κ1) is 57.0. The number of hydrogen-bond acceptors (Lipinski definition) is 3. The zero-order valence-electron chi connectivity index (χ0n) is 58.0. The van der Waals surface area contributed by atoms with Crippen LogP contribution in [0.5, 0.6) is 0 Å². The Bertz CT molecular complexity index is 7520. The zero-order chi connectivity index (χ0) is 68.5. The Morgan fingerprint density at radius 1 is 0.250 bits per heavy atom. The van der Waals surface area contributed by atoms with Crippen LogP contribution in [0, 0.1) is 0 Å². The van der Waals surface area contributed by atoms with Crippen LogP contribution < -0.4 is 0 Å². The van der Waals surface area contributed by atoms with Gasteiger partial charge >= 0.3 is 0 Å². The van der Waals surface area contributed by atoms with Gasteiger partial charge in [-0.25, -0.2) is 0 Å². The topological polar surface area (TPSA) is 49.3 Å². The van der Waals surface area contributed by atoms with Crippen LogP contribution >= 0.6 is 0 Å². The number of benzene rings is 16. The molecule has 0 aliphatic heterocycles. The smallest absolute Gasteiger partial charge is 0.137 e. The van der Waals surface area contributed by atoms with Crippen LogP contribution in [0.15, 0.2) is 298 Å². The number of para-hydroxylation sites is 3. The summed E-state index contributed by atoms with van der Waals surface area (Å²) in [7, 11) is 0. The van der Waals surface area contributed by atoms with Crippen molar-refractivity contribution in [3.8, 4) is 55.9 Å². The molecule has 0 saturated heterocycles. The van der Waals surface area contributed by atoms with E-state index in [0.29, 0.717) is 6.42 Å². The minimum Gasteiger partial charge on any atom is -0.456 e. The minimum atomic E-state index is -0.556. The highest BCUT2D eigenvalue weighted by Crippen LogP contribution is 2.63. The van der Waals surface area contributed by atoms with Gasteiger partial charge in [0.25, 0.3) is 0 Å². The van der Waals surface area contributed by atoms with E-state index >= 15 is 0 Å². The zero-order valence-corrected chi connectivity index (χ0v) is 58.0. The molecular weight excluding hydrogens is 1270 g/mol. The molecule has 0 fully saturated rings. The standard InChI is InChI=1S/C99H64N2O3/c1-97(2)73-36-18-13-28-59(73)60-45-43-56(51-76(60)97)101-93-64(46-48-80-85(93)67-33-16-21-39-77(67)102-80)72-52-71(84-65-31-14-19-37-74(65)98(3,4)91(84)95(72)101)63-35-23-41-79-83(63)69-44-42-54(50-82(69)104-79)53-99(5)75-38-20-15-32-66(75)89-87-61-29-11-9-26-57(61)58-27-10-12-30-62(58)88(87)90-70-47-49-81-86(68-34-17-22-40-78(68)103-81)94(70)100(96(90)92(89)99)55-24-7-6-8-25-55/h6-52H,53H2,1-5H3. The van der Waals surface area contributed by atoms with Gasteiger partial charge in [0.05, 0.1) is 32.8 Å². The number of aromatic nitrogens is 2. The normalized spacial score (nSPS) is 15.6. The lowest BCUT2D eigenvalue weighted by atomic mass is 9.74. The summed E-state index contributed by atoms with van der Waals surface area (Å²) in [4.78, 5) is 0. The molecule has 3 aliphatic rings. The third kappa shape index (κ3) is 7.00. The lowest BCUT2D eigenvalue weighted by molar-refractivity contribution is 0.585. The average molecular weight is 1330 g/mol. The van der Waals surface area contributed by atoms with Gasteiger partial charge in [-0.15, -0.1) is 0 Å². The van der Waals surface area contributed by atoms with E-state index in [0.717, 1.165) is 93.8 Å². The fourth-order valence-corrected chi connectivity index (χ4v) is 20.8. The van der Waals surface area contributed by atoms with Crippen LogP contribution in [-0.4, -0.2) is 9.13 Å². The molecule has 1 atom stereocenters. The van der Waals surface area contributed by atoms with Crippen molar-refractivity contribution in [1.82, 2.24) is 9.13 Å². The maximum atomic E-state index is 7.37. The lowest BCUT2D eigenvalue weighted by Crippen LogP contribution is -2.25. The maximum Gasteiger partial charge on any atom is 0.137 e. The molecule has 5 heterocycles. The summed E-state index contributed by atoms with van der Waals surface area (Å²) >= 11 is 0. The number of furan rings is 3. The second-order valence-electron chi connectivity index (χ2n) is 31.0. The van der Waals surface area contributed by atoms with E-state index in [1.807, 2.05) is 0 Å². The molecule has 3 aliphatic carbocycles. The summed E-state index contributed by atoms with van der Waals surface area (Å²) < 4.78 is 26.3. The van der Waals surface area contributed by atoms with Gasteiger partial charge in [0.1, 0.15) is 33.5 Å². The van der Waals surface area contributed by atoms with Crippen molar-refractivity contribution >= 4 is 142 Å². The maximum absolute atomic E-state index is 7.37. The molecule has 488 valence electrons. The summed E-state index contributed by atoms with van der Waals surface area (Å²) in [5.41, 5.74) is 30.4. The van der Waals surface area contributed by atoms with Crippen molar-refractivity contribution in [3.63, 3.8) is 0 Å². The van der Waals surface area contributed by atoms with E-state index in [9.17, 15) is 0 Å². The van der Waals surface area contributed by atoms with Gasteiger partial charge in [-0.2, -0.15) is 0 Å². The van der Waals surface area contributed by atoms with E-state index in [1.165, 1.54) is 143 Å². The van der Waals surface area contributed by atoms with Gasteiger partial charge < -0.3 is 22.4 Å². The Morgan fingerprint density at radius 3 is 1.47 bits per heavy atom. The average Bonchev–Trinajstić information content (AvgIpc) is 1.49. The van der Waals surface area contributed by atoms with E-state index in [1.54, 1.807) is 0 Å². The van der Waals surface area contributed by atoms with Crippen LogP contribution in [-0.2, 0) is 22.7 Å². The summed E-state index contributed by atoms with van der Waals surface area (Å²) in [6.45, 7) is 12.2. The van der Waals surface area contributed by atoms with Gasteiger partial charge in [0.2, 0.25) is 0 Å². The molecule has 16 aromatic carbocycles. The van der Waals surface area contributed by atoms with Gasteiger partial charge in [-0.1, -0.05) is 241 Å². The van der Waals surface area contributed by atoms with Crippen LogP contribution in [0.4, 0.5) is 0 Å².